The third-order valence-corrected chi connectivity index (χ3v) is 6.61. The molecule has 1 fully saturated rings. The molecular formula is C29H29ClN2O5. The fourth-order valence-electron chi connectivity index (χ4n) is 4.36. The van der Waals surface area contributed by atoms with Crippen LogP contribution in [0.3, 0.4) is 0 Å². The zero-order chi connectivity index (χ0) is 26.7. The smallest absolute Gasteiger partial charge is 0.295 e. The number of rotatable bonds is 8. The van der Waals surface area contributed by atoms with E-state index in [2.05, 4.69) is 0 Å². The Bertz CT molecular complexity index is 1330. The Hall–Kier alpha value is -3.97. The van der Waals surface area contributed by atoms with Crippen LogP contribution in [0.1, 0.15) is 29.7 Å². The number of carbonyl (C=O) groups is 2. The lowest BCUT2D eigenvalue weighted by atomic mass is 9.94. The Balaban J connectivity index is 1.85. The second kappa shape index (κ2) is 11.0. The van der Waals surface area contributed by atoms with Crippen molar-refractivity contribution in [2.24, 2.45) is 0 Å². The molecule has 192 valence electrons. The van der Waals surface area contributed by atoms with Crippen LogP contribution < -0.4 is 14.4 Å². The van der Waals surface area contributed by atoms with Gasteiger partial charge in [-0.3, -0.25) is 9.59 Å². The Morgan fingerprint density at radius 1 is 1.00 bits per heavy atom. The topological polar surface area (TPSA) is 79.3 Å². The molecule has 3 aromatic carbocycles. The van der Waals surface area contributed by atoms with Gasteiger partial charge in [0.2, 0.25) is 0 Å². The molecule has 0 aliphatic carbocycles. The number of hydrogen-bond donors (Lipinski definition) is 1. The number of benzene rings is 3. The number of ketones is 1. The molecule has 1 unspecified atom stereocenters. The predicted octanol–water partition coefficient (Wildman–Crippen LogP) is 5.44. The van der Waals surface area contributed by atoms with Crippen molar-refractivity contribution in [3.05, 3.63) is 94.0 Å². The number of carbonyl (C=O) groups excluding carboxylic acids is 2. The Morgan fingerprint density at radius 3 is 2.24 bits per heavy atom. The van der Waals surface area contributed by atoms with E-state index in [0.29, 0.717) is 23.7 Å². The van der Waals surface area contributed by atoms with Crippen molar-refractivity contribution >= 4 is 34.7 Å². The first-order valence-electron chi connectivity index (χ1n) is 11.9. The van der Waals surface area contributed by atoms with Crippen molar-refractivity contribution in [2.75, 3.05) is 32.7 Å². The number of Topliss-reactive ketones (excluding diaryl/α,β-unsaturated/α-hetero) is 1. The number of anilines is 1. The van der Waals surface area contributed by atoms with Gasteiger partial charge in [0.1, 0.15) is 17.3 Å². The lowest BCUT2D eigenvalue weighted by Crippen LogP contribution is -2.29. The molecule has 0 radical (unpaired) electrons. The molecule has 1 heterocycles. The van der Waals surface area contributed by atoms with E-state index in [-0.39, 0.29) is 28.5 Å². The van der Waals surface area contributed by atoms with Gasteiger partial charge >= 0.3 is 0 Å². The van der Waals surface area contributed by atoms with Crippen LogP contribution in [-0.2, 0) is 16.1 Å². The summed E-state index contributed by atoms with van der Waals surface area (Å²) in [6.07, 6.45) is 0. The molecule has 8 heteroatoms. The number of aliphatic hydroxyl groups excluding tert-OH is 1. The number of likely N-dealkylation sites (tertiary alicyclic amines) is 1. The largest absolute Gasteiger partial charge is 0.507 e. The molecule has 1 N–H and O–H groups in total. The number of methoxy groups -OCH3 is 1. The first-order valence-corrected chi connectivity index (χ1v) is 12.2. The Kier molecular flexibility index (Phi) is 7.74. The van der Waals surface area contributed by atoms with E-state index in [9.17, 15) is 14.7 Å². The van der Waals surface area contributed by atoms with Gasteiger partial charge in [-0.25, -0.2) is 0 Å². The highest BCUT2D eigenvalue weighted by molar-refractivity contribution is 6.47. The molecule has 3 aromatic rings. The second-order valence-corrected chi connectivity index (χ2v) is 9.24. The third-order valence-electron chi connectivity index (χ3n) is 6.28. The number of ether oxygens (including phenoxy) is 2. The number of aliphatic hydroxyl groups is 1. The summed E-state index contributed by atoms with van der Waals surface area (Å²) < 4.78 is 10.8. The van der Waals surface area contributed by atoms with Crippen LogP contribution in [0.5, 0.6) is 11.5 Å². The molecule has 1 saturated heterocycles. The highest BCUT2D eigenvalue weighted by Gasteiger charge is 2.46. The van der Waals surface area contributed by atoms with Crippen molar-refractivity contribution in [3.8, 4) is 11.5 Å². The van der Waals surface area contributed by atoms with Crippen LogP contribution in [0, 0.1) is 0 Å². The van der Waals surface area contributed by atoms with Crippen LogP contribution in [0.15, 0.2) is 72.3 Å². The quantitative estimate of drug-likeness (QED) is 0.242. The minimum Gasteiger partial charge on any atom is -0.507 e. The van der Waals surface area contributed by atoms with Gasteiger partial charge in [-0.1, -0.05) is 35.9 Å². The minimum absolute atomic E-state index is 0.0216. The maximum absolute atomic E-state index is 13.4. The van der Waals surface area contributed by atoms with E-state index in [1.54, 1.807) is 37.4 Å². The monoisotopic (exact) mass is 520 g/mol. The zero-order valence-corrected chi connectivity index (χ0v) is 22.0. The van der Waals surface area contributed by atoms with E-state index in [1.807, 2.05) is 62.3 Å². The molecule has 0 bridgehead atoms. The van der Waals surface area contributed by atoms with Gasteiger partial charge < -0.3 is 24.4 Å². The summed E-state index contributed by atoms with van der Waals surface area (Å²) in [6.45, 7) is 2.43. The van der Waals surface area contributed by atoms with E-state index in [4.69, 9.17) is 21.1 Å². The van der Waals surface area contributed by atoms with E-state index >= 15 is 0 Å². The summed E-state index contributed by atoms with van der Waals surface area (Å²) in [5.74, 6) is -0.635. The standard InChI is InChI=1S/C29H29ClN2O5/c1-5-37-22-14-15-24(30)23(16-22)27(33)25-26(19-8-10-20(11-9-19)31(2)3)32(29(35)28(25)34)17-18-6-12-21(36-4)13-7-18/h6-16,26,33H,5,17H2,1-4H3/b27-25+. The summed E-state index contributed by atoms with van der Waals surface area (Å²) in [6, 6.07) is 18.8. The van der Waals surface area contributed by atoms with Crippen LogP contribution in [0.4, 0.5) is 5.69 Å². The van der Waals surface area contributed by atoms with E-state index in [0.717, 1.165) is 11.3 Å². The Labute approximate surface area is 221 Å². The first-order chi connectivity index (χ1) is 17.7. The number of amides is 1. The molecule has 7 nitrogen and oxygen atoms in total. The fraction of sp³-hybridized carbons (Fsp3) is 0.241. The molecule has 0 saturated carbocycles. The number of hydrogen-bond acceptors (Lipinski definition) is 6. The summed E-state index contributed by atoms with van der Waals surface area (Å²) >= 11 is 6.42. The molecule has 1 atom stereocenters. The van der Waals surface area contributed by atoms with Crippen molar-refractivity contribution in [3.63, 3.8) is 0 Å². The summed E-state index contributed by atoms with van der Waals surface area (Å²) in [7, 11) is 5.44. The molecule has 0 spiro atoms. The second-order valence-electron chi connectivity index (χ2n) is 8.84. The van der Waals surface area contributed by atoms with Crippen molar-refractivity contribution < 1.29 is 24.2 Å². The third kappa shape index (κ3) is 5.27. The van der Waals surface area contributed by atoms with Gasteiger partial charge in [0.25, 0.3) is 11.7 Å². The van der Waals surface area contributed by atoms with E-state index in [1.165, 1.54) is 4.90 Å². The molecule has 0 aromatic heterocycles. The van der Waals surface area contributed by atoms with Crippen LogP contribution in [0.2, 0.25) is 5.02 Å². The van der Waals surface area contributed by atoms with Crippen molar-refractivity contribution in [2.45, 2.75) is 19.5 Å². The summed E-state index contributed by atoms with van der Waals surface area (Å²) in [4.78, 5) is 30.2. The molecular weight excluding hydrogens is 492 g/mol. The van der Waals surface area contributed by atoms with Gasteiger partial charge in [0.15, 0.2) is 0 Å². The average molecular weight is 521 g/mol. The molecule has 1 amide bonds. The maximum Gasteiger partial charge on any atom is 0.295 e. The van der Waals surface area contributed by atoms with Gasteiger partial charge in [-0.2, -0.15) is 0 Å². The van der Waals surface area contributed by atoms with Gasteiger partial charge in [0.05, 0.1) is 30.4 Å². The average Bonchev–Trinajstić information content (AvgIpc) is 3.15. The van der Waals surface area contributed by atoms with Crippen molar-refractivity contribution in [1.82, 2.24) is 4.90 Å². The normalized spacial score (nSPS) is 16.7. The van der Waals surface area contributed by atoms with Gasteiger partial charge in [0, 0.05) is 31.9 Å². The predicted molar refractivity (Wildman–Crippen MR) is 144 cm³/mol. The lowest BCUT2D eigenvalue weighted by Gasteiger charge is -2.26. The SMILES string of the molecule is CCOc1ccc(Cl)c(/C(O)=C2\C(=O)C(=O)N(Cc3ccc(OC)cc3)C2c2ccc(N(C)C)cc2)c1. The fourth-order valence-corrected chi connectivity index (χ4v) is 4.57. The Morgan fingerprint density at radius 2 is 1.65 bits per heavy atom. The van der Waals surface area contributed by atoms with Gasteiger partial charge in [-0.15, -0.1) is 0 Å². The zero-order valence-electron chi connectivity index (χ0n) is 21.2. The summed E-state index contributed by atoms with van der Waals surface area (Å²) in [5, 5.41) is 11.7. The maximum atomic E-state index is 13.4. The van der Waals surface area contributed by atoms with Gasteiger partial charge in [-0.05, 0) is 60.5 Å². The van der Waals surface area contributed by atoms with Crippen molar-refractivity contribution in [1.29, 1.82) is 0 Å². The molecule has 37 heavy (non-hydrogen) atoms. The molecule has 4 rings (SSSR count). The van der Waals surface area contributed by atoms with Crippen LogP contribution in [0.25, 0.3) is 5.76 Å². The molecule has 1 aliphatic heterocycles. The molecule has 1 aliphatic rings. The highest BCUT2D eigenvalue weighted by Crippen LogP contribution is 2.42. The lowest BCUT2D eigenvalue weighted by molar-refractivity contribution is -0.140. The number of halogens is 1. The first kappa shape index (κ1) is 26.1. The minimum atomic E-state index is -0.815. The highest BCUT2D eigenvalue weighted by atomic mass is 35.5. The number of nitrogens with zero attached hydrogens (tertiary/aromatic N) is 2. The van der Waals surface area contributed by atoms with E-state index < -0.39 is 17.7 Å². The van der Waals surface area contributed by atoms with Crippen LogP contribution >= 0.6 is 11.6 Å². The van der Waals surface area contributed by atoms with Crippen LogP contribution in [-0.4, -0.2) is 49.5 Å². The summed E-state index contributed by atoms with van der Waals surface area (Å²) in [5.41, 5.74) is 2.67.